The number of aliphatic hydroxyl groups excluding tert-OH is 1. The Morgan fingerprint density at radius 2 is 1.45 bits per heavy atom. The zero-order valence-corrected chi connectivity index (χ0v) is 32.3. The van der Waals surface area contributed by atoms with E-state index in [4.69, 9.17) is 9.47 Å². The molecule has 3 atom stereocenters. The molecule has 290 valence electrons. The van der Waals surface area contributed by atoms with Gasteiger partial charge in [0.1, 0.15) is 11.9 Å². The van der Waals surface area contributed by atoms with Gasteiger partial charge < -0.3 is 19.5 Å². The average Bonchev–Trinajstić information content (AvgIpc) is 3.58. The van der Waals surface area contributed by atoms with Crippen LogP contribution in [0.15, 0.2) is 158 Å². The molecule has 8 heteroatoms. The van der Waals surface area contributed by atoms with Crippen LogP contribution in [-0.2, 0) is 16.1 Å². The molecule has 2 amide bonds. The highest BCUT2D eigenvalue weighted by atomic mass is 16.5. The van der Waals surface area contributed by atoms with Crippen LogP contribution in [0.4, 0.5) is 5.69 Å². The van der Waals surface area contributed by atoms with Crippen molar-refractivity contribution in [2.45, 2.75) is 44.5 Å². The van der Waals surface area contributed by atoms with Crippen molar-refractivity contribution in [3.05, 3.63) is 181 Å². The summed E-state index contributed by atoms with van der Waals surface area (Å²) in [6, 6.07) is 44.9. The highest BCUT2D eigenvalue weighted by Gasteiger charge is 2.51. The molecule has 0 radical (unpaired) electrons. The Morgan fingerprint density at radius 3 is 2.19 bits per heavy atom. The molecule has 0 saturated carbocycles. The van der Waals surface area contributed by atoms with Crippen LogP contribution in [0.25, 0.3) is 32.3 Å². The first-order chi connectivity index (χ1) is 28.4. The number of carbonyl (C=O) groups is 3. The van der Waals surface area contributed by atoms with Crippen LogP contribution in [0, 0.1) is 0 Å². The van der Waals surface area contributed by atoms with Crippen molar-refractivity contribution in [1.82, 2.24) is 4.90 Å². The zero-order valence-electron chi connectivity index (χ0n) is 32.3. The summed E-state index contributed by atoms with van der Waals surface area (Å²) in [6.45, 7) is 5.77. The number of esters is 1. The number of hydrogen-bond acceptors (Lipinski definition) is 6. The molecule has 8 rings (SSSR count). The number of benzene rings is 7. The second-order valence-electron chi connectivity index (χ2n) is 14.6. The molecule has 7 aromatic carbocycles. The van der Waals surface area contributed by atoms with E-state index in [-0.39, 0.29) is 38.0 Å². The van der Waals surface area contributed by atoms with E-state index in [0.29, 0.717) is 34.5 Å². The summed E-state index contributed by atoms with van der Waals surface area (Å²) in [6.07, 6.45) is 1.42. The van der Waals surface area contributed by atoms with Crippen LogP contribution < -0.4 is 9.64 Å². The van der Waals surface area contributed by atoms with E-state index < -0.39 is 24.2 Å². The van der Waals surface area contributed by atoms with Gasteiger partial charge in [-0.3, -0.25) is 19.3 Å². The van der Waals surface area contributed by atoms with Crippen molar-refractivity contribution >= 4 is 55.8 Å². The van der Waals surface area contributed by atoms with Gasteiger partial charge in [-0.05, 0) is 74.3 Å². The maximum absolute atomic E-state index is 15.7. The molecule has 1 heterocycles. The Kier molecular flexibility index (Phi) is 11.0. The second-order valence-corrected chi connectivity index (χ2v) is 14.6. The van der Waals surface area contributed by atoms with Crippen LogP contribution in [0.2, 0.25) is 0 Å². The van der Waals surface area contributed by atoms with Gasteiger partial charge in [0, 0.05) is 49.6 Å². The van der Waals surface area contributed by atoms with Gasteiger partial charge in [-0.2, -0.15) is 0 Å². The third kappa shape index (κ3) is 7.42. The van der Waals surface area contributed by atoms with Crippen LogP contribution in [0.1, 0.15) is 57.7 Å². The summed E-state index contributed by atoms with van der Waals surface area (Å²) in [7, 11) is 0. The third-order valence-electron chi connectivity index (χ3n) is 10.9. The van der Waals surface area contributed by atoms with Gasteiger partial charge in [0.05, 0.1) is 24.4 Å². The van der Waals surface area contributed by atoms with Gasteiger partial charge in [0.2, 0.25) is 0 Å². The number of amides is 2. The Balaban J connectivity index is 1.38. The fourth-order valence-corrected chi connectivity index (χ4v) is 8.36. The smallest absolute Gasteiger partial charge is 0.302 e. The molecule has 0 saturated heterocycles. The van der Waals surface area contributed by atoms with Crippen LogP contribution >= 0.6 is 0 Å². The predicted molar refractivity (Wildman–Crippen MR) is 229 cm³/mol. The maximum atomic E-state index is 15.7. The summed E-state index contributed by atoms with van der Waals surface area (Å²) in [5.74, 6) is -0.560. The number of hydrogen-bond donors (Lipinski definition) is 1. The monoisotopic (exact) mass is 768 g/mol. The molecule has 0 fully saturated rings. The second kappa shape index (κ2) is 16.8. The van der Waals surface area contributed by atoms with Crippen molar-refractivity contribution in [3.63, 3.8) is 0 Å². The third-order valence-corrected chi connectivity index (χ3v) is 10.9. The fraction of sp³-hybridized carbons (Fsp3) is 0.180. The summed E-state index contributed by atoms with van der Waals surface area (Å²) < 4.78 is 12.3. The first kappa shape index (κ1) is 38.1. The van der Waals surface area contributed by atoms with Gasteiger partial charge in [-0.1, -0.05) is 115 Å². The molecule has 1 N–H and O–H groups in total. The van der Waals surface area contributed by atoms with Gasteiger partial charge in [-0.25, -0.2) is 0 Å². The van der Waals surface area contributed by atoms with Gasteiger partial charge in [0.15, 0.2) is 0 Å². The van der Waals surface area contributed by atoms with E-state index in [0.717, 1.165) is 37.9 Å². The van der Waals surface area contributed by atoms with Crippen LogP contribution in [0.3, 0.4) is 0 Å². The molecular weight excluding hydrogens is 725 g/mol. The largest absolute Gasteiger partial charge is 0.493 e. The SMILES string of the molecule is C=CCC(OC(C)=O)[C@@H]1[C@@H](N(Cc2cccc3ccccc23)C(=O)c2cccc3ccccc23)c2cc(OCCCO)ccc2N1C(=O)c1ccc2ccccc2c1. The summed E-state index contributed by atoms with van der Waals surface area (Å²) in [5.41, 5.74) is 3.09. The summed E-state index contributed by atoms with van der Waals surface area (Å²) >= 11 is 0. The minimum atomic E-state index is -0.897. The maximum Gasteiger partial charge on any atom is 0.302 e. The van der Waals surface area contributed by atoms with Crippen LogP contribution in [0.5, 0.6) is 5.75 Å². The van der Waals surface area contributed by atoms with Crippen molar-refractivity contribution < 1.29 is 29.0 Å². The predicted octanol–water partition coefficient (Wildman–Crippen LogP) is 9.83. The molecule has 0 spiro atoms. The topological polar surface area (TPSA) is 96.4 Å². The standard InChI is InChI=1S/C50H44N2O6/c1-3-13-46(58-33(2)54)48-47(44-31-40(57-29-12-28-53)26-27-45(44)52(48)49(55)38-25-24-34-14-4-5-17-37(34)30-38)51(32-39-20-10-18-35-15-6-8-21-41(35)39)50(56)43-23-11-19-36-16-7-9-22-42(36)43/h3-11,14-27,30-31,46-48,53H,1,12-13,28-29,32H2,2H3/t46?,47-,48+/m0/s1. The molecule has 0 aromatic heterocycles. The lowest BCUT2D eigenvalue weighted by atomic mass is 9.92. The number of ether oxygens (including phenoxy) is 2. The van der Waals surface area contributed by atoms with E-state index in [2.05, 4.69) is 6.58 Å². The molecule has 0 aliphatic carbocycles. The van der Waals surface area contributed by atoms with Crippen LogP contribution in [-0.4, -0.2) is 53.1 Å². The molecule has 0 bridgehead atoms. The number of fused-ring (bicyclic) bond motifs is 4. The Hall–Kier alpha value is -6.77. The average molecular weight is 769 g/mol. The highest BCUT2D eigenvalue weighted by molar-refractivity contribution is 6.11. The molecule has 58 heavy (non-hydrogen) atoms. The number of carbonyl (C=O) groups excluding carboxylic acids is 3. The highest BCUT2D eigenvalue weighted by Crippen LogP contribution is 2.49. The summed E-state index contributed by atoms with van der Waals surface area (Å²) in [4.78, 5) is 47.5. The molecule has 1 aliphatic heterocycles. The summed E-state index contributed by atoms with van der Waals surface area (Å²) in [5, 5.41) is 15.2. The first-order valence-corrected chi connectivity index (χ1v) is 19.6. The Labute approximate surface area is 337 Å². The van der Waals surface area contributed by atoms with E-state index in [1.165, 1.54) is 6.92 Å². The number of nitrogens with zero attached hydrogens (tertiary/aromatic N) is 2. The van der Waals surface area contributed by atoms with Crippen molar-refractivity contribution in [2.75, 3.05) is 18.1 Å². The van der Waals surface area contributed by atoms with E-state index in [1.807, 2.05) is 144 Å². The van der Waals surface area contributed by atoms with Crippen molar-refractivity contribution in [3.8, 4) is 5.75 Å². The van der Waals surface area contributed by atoms with Gasteiger partial charge >= 0.3 is 5.97 Å². The van der Waals surface area contributed by atoms with Crippen molar-refractivity contribution in [2.24, 2.45) is 0 Å². The Morgan fingerprint density at radius 1 is 0.776 bits per heavy atom. The normalized spacial score (nSPS) is 15.2. The molecule has 1 unspecified atom stereocenters. The molecule has 8 nitrogen and oxygen atoms in total. The van der Waals surface area contributed by atoms with E-state index >= 15 is 9.59 Å². The lowest BCUT2D eigenvalue weighted by molar-refractivity contribution is -0.147. The lowest BCUT2D eigenvalue weighted by Gasteiger charge is -2.39. The number of anilines is 1. The minimum absolute atomic E-state index is 0.0341. The molecular formula is C50H44N2O6. The first-order valence-electron chi connectivity index (χ1n) is 19.6. The van der Waals surface area contributed by atoms with Crippen molar-refractivity contribution in [1.29, 1.82) is 0 Å². The molecule has 7 aromatic rings. The van der Waals surface area contributed by atoms with Gasteiger partial charge in [0.25, 0.3) is 11.8 Å². The number of rotatable bonds is 13. The zero-order chi connectivity index (χ0) is 40.2. The van der Waals surface area contributed by atoms with E-state index in [9.17, 15) is 9.90 Å². The van der Waals surface area contributed by atoms with E-state index in [1.54, 1.807) is 17.0 Å². The number of aliphatic hydroxyl groups is 1. The lowest BCUT2D eigenvalue weighted by Crippen LogP contribution is -2.52. The quantitative estimate of drug-likeness (QED) is 0.0713. The minimum Gasteiger partial charge on any atom is -0.493 e. The van der Waals surface area contributed by atoms with Gasteiger partial charge in [-0.15, -0.1) is 6.58 Å². The Bertz CT molecular complexity index is 2660. The fourth-order valence-electron chi connectivity index (χ4n) is 8.36. The molecule has 1 aliphatic rings.